The summed E-state index contributed by atoms with van der Waals surface area (Å²) >= 11 is 0. The van der Waals surface area contributed by atoms with E-state index in [-0.39, 0.29) is 0 Å². The smallest absolute Gasteiger partial charge is 0.197 e. The molecule has 37 heavy (non-hydrogen) atoms. The van der Waals surface area contributed by atoms with Crippen molar-refractivity contribution >= 4 is 22.4 Å². The minimum atomic E-state index is 0.329. The molecule has 7 rings (SSSR count). The van der Waals surface area contributed by atoms with Crippen LogP contribution in [0.3, 0.4) is 0 Å². The molecule has 3 saturated heterocycles. The van der Waals surface area contributed by atoms with E-state index in [1.165, 1.54) is 42.4 Å². The van der Waals surface area contributed by atoms with E-state index in [0.29, 0.717) is 28.8 Å². The summed E-state index contributed by atoms with van der Waals surface area (Å²) in [6, 6.07) is 2.74. The Morgan fingerprint density at radius 1 is 1.16 bits per heavy atom. The second kappa shape index (κ2) is 8.43. The summed E-state index contributed by atoms with van der Waals surface area (Å²) in [6.45, 7) is 13.2. The Morgan fingerprint density at radius 3 is 2.62 bits per heavy atom. The number of aromatic amines is 1. The van der Waals surface area contributed by atoms with E-state index in [2.05, 4.69) is 45.6 Å². The van der Waals surface area contributed by atoms with Gasteiger partial charge in [0.25, 0.3) is 0 Å². The number of methoxy groups -OCH3 is 1. The van der Waals surface area contributed by atoms with E-state index < -0.39 is 0 Å². The number of aromatic nitrogens is 5. The van der Waals surface area contributed by atoms with Crippen molar-refractivity contribution in [2.75, 3.05) is 51.4 Å². The number of hydrogen-bond acceptors (Lipinski definition) is 7. The van der Waals surface area contributed by atoms with Crippen molar-refractivity contribution in [2.45, 2.75) is 45.6 Å². The number of anilines is 1. The number of nitrogens with one attached hydrogen (secondary N) is 1. The van der Waals surface area contributed by atoms with E-state index in [0.717, 1.165) is 48.9 Å². The molecule has 3 aliphatic heterocycles. The van der Waals surface area contributed by atoms with Gasteiger partial charge in [-0.3, -0.25) is 4.90 Å². The number of fused-ring (bicyclic) bond motifs is 2. The van der Waals surface area contributed by atoms with Gasteiger partial charge in [0, 0.05) is 60.3 Å². The zero-order valence-electron chi connectivity index (χ0n) is 22.1. The molecule has 4 aromatic heterocycles. The van der Waals surface area contributed by atoms with Gasteiger partial charge in [-0.25, -0.2) is 14.5 Å². The molecule has 0 atom stereocenters. The monoisotopic (exact) mass is 501 g/mol. The predicted octanol–water partition coefficient (Wildman–Crippen LogP) is 4.01. The zero-order chi connectivity index (χ0) is 25.3. The maximum Gasteiger partial charge on any atom is 0.197 e. The first-order valence-corrected chi connectivity index (χ1v) is 13.4. The highest BCUT2D eigenvalue weighted by Gasteiger charge is 2.50. The summed E-state index contributed by atoms with van der Waals surface area (Å²) in [4.78, 5) is 18.2. The number of hydrogen-bond donors (Lipinski definition) is 1. The van der Waals surface area contributed by atoms with Gasteiger partial charge in [0.2, 0.25) is 0 Å². The fraction of sp³-hybridized carbons (Fsp3) is 0.536. The highest BCUT2D eigenvalue weighted by molar-refractivity contribution is 5.95. The number of ether oxygens (including phenoxy) is 2. The van der Waals surface area contributed by atoms with Crippen LogP contribution >= 0.6 is 0 Å². The molecule has 194 valence electrons. The largest absolute Gasteiger partial charge is 0.493 e. The standard InChI is InChI=1S/C28H35N7O2/c1-17(2)23-24-18(3)26(33-7-5-20(6-8-33)34-12-28(13-34)14-37-15-28)29-10-21(24)32-25(23)19-9-22(36-4)27-30-16-31-35(27)11-19/h9-11,16-17,20,32H,5-8,12-15H2,1-4H3. The Balaban J connectivity index is 1.21. The van der Waals surface area contributed by atoms with Crippen LogP contribution in [-0.2, 0) is 4.74 Å². The first kappa shape index (κ1) is 23.0. The molecule has 0 radical (unpaired) electrons. The molecule has 3 fully saturated rings. The lowest BCUT2D eigenvalue weighted by molar-refractivity contribution is -0.199. The minimum Gasteiger partial charge on any atom is -0.493 e. The Kier molecular flexibility index (Phi) is 5.23. The van der Waals surface area contributed by atoms with Crippen molar-refractivity contribution in [3.63, 3.8) is 0 Å². The van der Waals surface area contributed by atoms with Crippen molar-refractivity contribution in [1.29, 1.82) is 0 Å². The Morgan fingerprint density at radius 2 is 1.95 bits per heavy atom. The van der Waals surface area contributed by atoms with Crippen LogP contribution in [0.25, 0.3) is 27.8 Å². The molecular weight excluding hydrogens is 466 g/mol. The van der Waals surface area contributed by atoms with Gasteiger partial charge >= 0.3 is 0 Å². The summed E-state index contributed by atoms with van der Waals surface area (Å²) in [6.07, 6.45) is 7.99. The third-order valence-electron chi connectivity index (χ3n) is 8.70. The number of likely N-dealkylation sites (tertiary alicyclic amines) is 1. The Hall–Kier alpha value is -3.17. The van der Waals surface area contributed by atoms with Crippen molar-refractivity contribution in [3.8, 4) is 17.0 Å². The van der Waals surface area contributed by atoms with Crippen molar-refractivity contribution < 1.29 is 9.47 Å². The van der Waals surface area contributed by atoms with Gasteiger partial charge in [-0.2, -0.15) is 5.10 Å². The van der Waals surface area contributed by atoms with Crippen LogP contribution in [-0.4, -0.2) is 82.0 Å². The molecule has 3 aliphatic rings. The second-order valence-electron chi connectivity index (χ2n) is 11.5. The molecular formula is C28H35N7O2. The van der Waals surface area contributed by atoms with E-state index in [9.17, 15) is 0 Å². The van der Waals surface area contributed by atoms with Gasteiger partial charge in [-0.15, -0.1) is 0 Å². The maximum atomic E-state index is 5.64. The van der Waals surface area contributed by atoms with Crippen molar-refractivity contribution in [2.24, 2.45) is 5.41 Å². The maximum absolute atomic E-state index is 5.64. The number of pyridine rings is 2. The fourth-order valence-corrected chi connectivity index (χ4v) is 6.77. The quantitative estimate of drug-likeness (QED) is 0.442. The Labute approximate surface area is 216 Å². The third-order valence-corrected chi connectivity index (χ3v) is 8.70. The predicted molar refractivity (Wildman–Crippen MR) is 144 cm³/mol. The van der Waals surface area contributed by atoms with Gasteiger partial charge in [0.1, 0.15) is 12.1 Å². The summed E-state index contributed by atoms with van der Waals surface area (Å²) in [5.41, 5.74) is 6.95. The van der Waals surface area contributed by atoms with E-state index in [1.807, 2.05) is 18.5 Å². The summed E-state index contributed by atoms with van der Waals surface area (Å²) in [5, 5.41) is 5.64. The first-order valence-electron chi connectivity index (χ1n) is 13.4. The van der Waals surface area contributed by atoms with E-state index in [1.54, 1.807) is 18.0 Å². The molecule has 1 spiro atoms. The summed E-state index contributed by atoms with van der Waals surface area (Å²) in [5.74, 6) is 2.16. The van der Waals surface area contributed by atoms with E-state index >= 15 is 0 Å². The van der Waals surface area contributed by atoms with Crippen LogP contribution in [0.5, 0.6) is 5.75 Å². The lowest BCUT2D eigenvalue weighted by Gasteiger charge is -2.58. The number of rotatable bonds is 5. The highest BCUT2D eigenvalue weighted by Crippen LogP contribution is 2.42. The second-order valence-corrected chi connectivity index (χ2v) is 11.5. The van der Waals surface area contributed by atoms with Crippen LogP contribution < -0.4 is 9.64 Å². The molecule has 4 aromatic rings. The molecule has 0 aromatic carbocycles. The van der Waals surface area contributed by atoms with Gasteiger partial charge in [0.05, 0.1) is 37.7 Å². The van der Waals surface area contributed by atoms with Crippen LogP contribution in [0.15, 0.2) is 24.8 Å². The molecule has 0 unspecified atom stereocenters. The number of aryl methyl sites for hydroxylation is 1. The lowest BCUT2D eigenvalue weighted by Crippen LogP contribution is -2.68. The average Bonchev–Trinajstić information content (AvgIpc) is 3.48. The van der Waals surface area contributed by atoms with Crippen LogP contribution in [0, 0.1) is 12.3 Å². The van der Waals surface area contributed by atoms with Gasteiger partial charge in [-0.05, 0) is 37.3 Å². The molecule has 1 N–H and O–H groups in total. The zero-order valence-corrected chi connectivity index (χ0v) is 22.1. The van der Waals surface area contributed by atoms with Crippen molar-refractivity contribution in [3.05, 3.63) is 35.9 Å². The van der Waals surface area contributed by atoms with Crippen LogP contribution in [0.2, 0.25) is 0 Å². The van der Waals surface area contributed by atoms with Crippen LogP contribution in [0.4, 0.5) is 5.82 Å². The molecule has 0 bridgehead atoms. The average molecular weight is 502 g/mol. The third kappa shape index (κ3) is 3.54. The Bertz CT molecular complexity index is 1470. The molecule has 9 nitrogen and oxygen atoms in total. The highest BCUT2D eigenvalue weighted by atomic mass is 16.5. The van der Waals surface area contributed by atoms with Gasteiger partial charge < -0.3 is 19.4 Å². The fourth-order valence-electron chi connectivity index (χ4n) is 6.77. The first-order chi connectivity index (χ1) is 18.0. The molecule has 0 amide bonds. The van der Waals surface area contributed by atoms with Crippen LogP contribution in [0.1, 0.15) is 43.7 Å². The van der Waals surface area contributed by atoms with E-state index in [4.69, 9.17) is 14.5 Å². The van der Waals surface area contributed by atoms with Gasteiger partial charge in [0.15, 0.2) is 11.4 Å². The lowest BCUT2D eigenvalue weighted by atomic mass is 9.76. The number of nitrogens with zero attached hydrogens (tertiary/aromatic N) is 6. The SMILES string of the molecule is COc1cc(-c2[nH]c3cnc(N4CCC(N5CC6(COC6)C5)CC4)c(C)c3c2C(C)C)cn2ncnc12. The molecule has 0 aliphatic carbocycles. The summed E-state index contributed by atoms with van der Waals surface area (Å²) < 4.78 is 12.9. The topological polar surface area (TPSA) is 83.8 Å². The molecule has 9 heteroatoms. The molecule has 0 saturated carbocycles. The normalized spacial score (nSPS) is 20.2. The number of piperidine rings is 1. The van der Waals surface area contributed by atoms with Crippen molar-refractivity contribution in [1.82, 2.24) is 29.5 Å². The summed E-state index contributed by atoms with van der Waals surface area (Å²) in [7, 11) is 1.67. The minimum absolute atomic E-state index is 0.329. The number of H-pyrrole nitrogens is 1. The molecule has 7 heterocycles. The van der Waals surface area contributed by atoms with Gasteiger partial charge in [-0.1, -0.05) is 13.8 Å².